The number of quaternary nitrogens is 1. The molecule has 0 saturated heterocycles. The molecular formula is C46H76NO9P. The highest BCUT2D eigenvalue weighted by Gasteiger charge is 2.21. The minimum absolute atomic E-state index is 0.0598. The first-order valence-corrected chi connectivity index (χ1v) is 22.5. The topological polar surface area (TPSA) is 131 Å². The van der Waals surface area contributed by atoms with Gasteiger partial charge in [0.1, 0.15) is 19.8 Å². The number of carbonyl (C=O) groups excluding carboxylic acids is 2. The monoisotopic (exact) mass is 818 g/mol. The van der Waals surface area contributed by atoms with E-state index in [1.165, 1.54) is 19.3 Å². The quantitative estimate of drug-likeness (QED) is 0.0164. The number of esters is 2. The summed E-state index contributed by atoms with van der Waals surface area (Å²) in [7, 11) is 1.07. The van der Waals surface area contributed by atoms with Crippen molar-refractivity contribution in [1.29, 1.82) is 0 Å². The number of phosphoric ester groups is 1. The number of aliphatic hydroxyl groups is 1. The van der Waals surface area contributed by atoms with Crippen LogP contribution >= 0.6 is 7.82 Å². The van der Waals surface area contributed by atoms with Gasteiger partial charge in [-0.3, -0.25) is 14.2 Å². The molecular weight excluding hydrogens is 741 g/mol. The van der Waals surface area contributed by atoms with Crippen LogP contribution in [0.15, 0.2) is 97.2 Å². The molecule has 0 fully saturated rings. The van der Waals surface area contributed by atoms with Crippen LogP contribution in [0.2, 0.25) is 0 Å². The normalized spacial score (nSPS) is 15.1. The van der Waals surface area contributed by atoms with Gasteiger partial charge in [-0.05, 0) is 83.5 Å². The summed E-state index contributed by atoms with van der Waals surface area (Å²) in [6.45, 7) is 3.80. The molecule has 0 amide bonds. The molecule has 0 aromatic rings. The highest BCUT2D eigenvalue weighted by molar-refractivity contribution is 7.45. The van der Waals surface area contributed by atoms with Gasteiger partial charge in [-0.15, -0.1) is 0 Å². The summed E-state index contributed by atoms with van der Waals surface area (Å²) in [5.74, 6) is -0.984. The second kappa shape index (κ2) is 37.2. The lowest BCUT2D eigenvalue weighted by molar-refractivity contribution is -0.870. The van der Waals surface area contributed by atoms with Crippen LogP contribution in [0.1, 0.15) is 123 Å². The van der Waals surface area contributed by atoms with Gasteiger partial charge in [-0.1, -0.05) is 124 Å². The maximum Gasteiger partial charge on any atom is 0.306 e. The summed E-state index contributed by atoms with van der Waals surface area (Å²) in [5.41, 5.74) is 0. The standard InChI is InChI=1S/C46H76NO9P/c1-6-8-10-11-12-13-14-15-16-17-22-25-28-31-34-38-46(50)56-44(42-55-57(51,52)54-40-39-47(3,4)5)41-53-45(49)37-33-30-27-24-21-19-18-20-23-26-29-32-36-43(48)35-9-7-2/h9,12-13,15-16,18-19,22-27,29,32,35,43-44,48H,6-8,10-11,14,17,20-21,28,30-31,33-34,36-42H2,1-5H3/b13-12-,16-15-,19-18-,25-22-,26-23-,27-24-,32-29+,35-9-/t43?,44-/m1/s1. The molecule has 0 aliphatic carbocycles. The van der Waals surface area contributed by atoms with E-state index < -0.39 is 38.6 Å². The molecule has 0 rings (SSSR count). The molecule has 0 bridgehead atoms. The van der Waals surface area contributed by atoms with Crippen LogP contribution in [0.25, 0.3) is 0 Å². The van der Waals surface area contributed by atoms with Crippen molar-refractivity contribution in [2.75, 3.05) is 47.5 Å². The van der Waals surface area contributed by atoms with Gasteiger partial charge in [0.05, 0.1) is 33.9 Å². The Hall–Kier alpha value is -3.11. The first-order valence-electron chi connectivity index (χ1n) is 21.1. The van der Waals surface area contributed by atoms with Crippen LogP contribution in [0.5, 0.6) is 0 Å². The van der Waals surface area contributed by atoms with Crippen molar-refractivity contribution in [2.24, 2.45) is 0 Å². The Bertz CT molecular complexity index is 1310. The van der Waals surface area contributed by atoms with Crippen LogP contribution in [0.3, 0.4) is 0 Å². The second-order valence-corrected chi connectivity index (χ2v) is 16.2. The van der Waals surface area contributed by atoms with E-state index in [0.717, 1.165) is 51.4 Å². The van der Waals surface area contributed by atoms with E-state index in [4.69, 9.17) is 18.5 Å². The SMILES string of the molecule is CC/C=C\C(O)C/C=C/C=C\C/C=C\C/C=C\CCCC(=O)OC[C@H](COP(=O)([O-])OCC[N+](C)(C)C)OC(=O)CCCC/C=C\C/C=C\C/C=C\CCCCC. The molecule has 324 valence electrons. The number of rotatable bonds is 36. The third-order valence-corrected chi connectivity index (χ3v) is 9.13. The van der Waals surface area contributed by atoms with Gasteiger partial charge in [-0.2, -0.15) is 0 Å². The molecule has 0 radical (unpaired) electrons. The molecule has 0 spiro atoms. The summed E-state index contributed by atoms with van der Waals surface area (Å²) in [4.78, 5) is 37.4. The Balaban J connectivity index is 4.60. The van der Waals surface area contributed by atoms with Crippen molar-refractivity contribution in [3.05, 3.63) is 97.2 Å². The van der Waals surface area contributed by atoms with Gasteiger partial charge >= 0.3 is 11.9 Å². The van der Waals surface area contributed by atoms with E-state index in [2.05, 4.69) is 55.5 Å². The highest BCUT2D eigenvalue weighted by Crippen LogP contribution is 2.38. The number of aliphatic hydroxyl groups excluding tert-OH is 1. The largest absolute Gasteiger partial charge is 0.756 e. The van der Waals surface area contributed by atoms with Crippen LogP contribution in [-0.2, 0) is 32.7 Å². The first-order chi connectivity index (χ1) is 27.4. The van der Waals surface area contributed by atoms with Crippen LogP contribution in [0, 0.1) is 0 Å². The third-order valence-electron chi connectivity index (χ3n) is 8.16. The van der Waals surface area contributed by atoms with E-state index in [1.807, 2.05) is 76.7 Å². The van der Waals surface area contributed by atoms with Gasteiger partial charge in [0.25, 0.3) is 7.82 Å². The number of hydrogen-bond donors (Lipinski definition) is 1. The van der Waals surface area contributed by atoms with Gasteiger partial charge < -0.3 is 33.0 Å². The maximum atomic E-state index is 12.6. The smallest absolute Gasteiger partial charge is 0.306 e. The molecule has 0 aliphatic heterocycles. The van der Waals surface area contributed by atoms with Crippen molar-refractivity contribution < 1.29 is 47.2 Å². The van der Waals surface area contributed by atoms with Gasteiger partial charge in [0.2, 0.25) is 0 Å². The molecule has 11 heteroatoms. The zero-order valence-corrected chi connectivity index (χ0v) is 36.7. The zero-order valence-electron chi connectivity index (χ0n) is 35.8. The zero-order chi connectivity index (χ0) is 42.3. The Labute approximate surface area is 346 Å². The molecule has 10 nitrogen and oxygen atoms in total. The molecule has 1 N–H and O–H groups in total. The minimum Gasteiger partial charge on any atom is -0.756 e. The van der Waals surface area contributed by atoms with E-state index >= 15 is 0 Å². The molecule has 0 heterocycles. The Morgan fingerprint density at radius 3 is 1.81 bits per heavy atom. The number of ether oxygens (including phenoxy) is 2. The fourth-order valence-corrected chi connectivity index (χ4v) is 5.56. The van der Waals surface area contributed by atoms with E-state index in [0.29, 0.717) is 36.7 Å². The van der Waals surface area contributed by atoms with E-state index in [9.17, 15) is 24.2 Å². The van der Waals surface area contributed by atoms with Crippen molar-refractivity contribution in [3.8, 4) is 0 Å². The molecule has 57 heavy (non-hydrogen) atoms. The summed E-state index contributed by atoms with van der Waals surface area (Å²) in [5, 5.41) is 9.76. The number of allylic oxidation sites excluding steroid dienone is 14. The van der Waals surface area contributed by atoms with Crippen molar-refractivity contribution in [3.63, 3.8) is 0 Å². The summed E-state index contributed by atoms with van der Waals surface area (Å²) >= 11 is 0. The second-order valence-electron chi connectivity index (χ2n) is 14.8. The van der Waals surface area contributed by atoms with Crippen LogP contribution < -0.4 is 4.89 Å². The molecule has 2 unspecified atom stereocenters. The summed E-state index contributed by atoms with van der Waals surface area (Å²) in [6, 6.07) is 0. The van der Waals surface area contributed by atoms with E-state index in [-0.39, 0.29) is 26.1 Å². The van der Waals surface area contributed by atoms with Gasteiger partial charge in [0, 0.05) is 12.8 Å². The van der Waals surface area contributed by atoms with Gasteiger partial charge in [0.15, 0.2) is 6.10 Å². The average Bonchev–Trinajstić information content (AvgIpc) is 3.16. The summed E-state index contributed by atoms with van der Waals surface area (Å²) < 4.78 is 33.7. The highest BCUT2D eigenvalue weighted by atomic mass is 31.2. The number of hydrogen-bond acceptors (Lipinski definition) is 9. The lowest BCUT2D eigenvalue weighted by atomic mass is 10.1. The molecule has 0 aliphatic rings. The first kappa shape index (κ1) is 53.9. The minimum atomic E-state index is -4.66. The van der Waals surface area contributed by atoms with E-state index in [1.54, 1.807) is 0 Å². The molecule has 3 atom stereocenters. The van der Waals surface area contributed by atoms with Crippen molar-refractivity contribution in [2.45, 2.75) is 135 Å². The lowest BCUT2D eigenvalue weighted by Crippen LogP contribution is -2.37. The number of likely N-dealkylation sites (N-methyl/N-ethyl adjacent to an activating group) is 1. The Kier molecular flexibility index (Phi) is 35.2. The average molecular weight is 818 g/mol. The Morgan fingerprint density at radius 1 is 0.667 bits per heavy atom. The van der Waals surface area contributed by atoms with Gasteiger partial charge in [-0.25, -0.2) is 0 Å². The molecule has 0 saturated carbocycles. The maximum absolute atomic E-state index is 12.6. The molecule has 0 aromatic heterocycles. The number of carbonyl (C=O) groups is 2. The predicted molar refractivity (Wildman–Crippen MR) is 232 cm³/mol. The number of phosphoric acid groups is 1. The van der Waals surface area contributed by atoms with Crippen molar-refractivity contribution in [1.82, 2.24) is 0 Å². The van der Waals surface area contributed by atoms with Crippen LogP contribution in [0.4, 0.5) is 0 Å². The summed E-state index contributed by atoms with van der Waals surface area (Å²) in [6.07, 6.45) is 45.0. The van der Waals surface area contributed by atoms with Crippen molar-refractivity contribution >= 4 is 19.8 Å². The Morgan fingerprint density at radius 2 is 1.21 bits per heavy atom. The molecule has 0 aromatic carbocycles. The third kappa shape index (κ3) is 40.9. The lowest BCUT2D eigenvalue weighted by Gasteiger charge is -2.28. The van der Waals surface area contributed by atoms with Crippen LogP contribution in [-0.4, -0.2) is 81.2 Å². The predicted octanol–water partition coefficient (Wildman–Crippen LogP) is 10.1. The number of nitrogens with zero attached hydrogens (tertiary/aromatic N) is 1. The number of unbranched alkanes of at least 4 members (excludes halogenated alkanes) is 6. The fourth-order valence-electron chi connectivity index (χ4n) is 4.83. The fraction of sp³-hybridized carbons (Fsp3) is 0.609.